The van der Waals surface area contributed by atoms with Gasteiger partial charge in [-0.2, -0.15) is 0 Å². The van der Waals surface area contributed by atoms with E-state index in [0.717, 1.165) is 11.1 Å². The molecule has 0 radical (unpaired) electrons. The van der Waals surface area contributed by atoms with Crippen molar-refractivity contribution in [3.63, 3.8) is 0 Å². The minimum atomic E-state index is -0.168. The van der Waals surface area contributed by atoms with Gasteiger partial charge in [0.1, 0.15) is 11.6 Å². The summed E-state index contributed by atoms with van der Waals surface area (Å²) in [5, 5.41) is 9.36. The summed E-state index contributed by atoms with van der Waals surface area (Å²) in [5.41, 5.74) is 7.41. The molecule has 0 fully saturated rings. The van der Waals surface area contributed by atoms with Crippen LogP contribution in [0.4, 0.5) is 0 Å². The molecule has 1 atom stereocenters. The summed E-state index contributed by atoms with van der Waals surface area (Å²) in [6.45, 7) is 1.84. The van der Waals surface area contributed by atoms with Gasteiger partial charge in [0.2, 0.25) is 0 Å². The predicted octanol–water partition coefficient (Wildman–Crippen LogP) is 1.87. The highest BCUT2D eigenvalue weighted by Gasteiger charge is 2.04. The molecule has 1 aromatic heterocycles. The Morgan fingerprint density at radius 2 is 1.88 bits per heavy atom. The largest absolute Gasteiger partial charge is 0.508 e. The average Bonchev–Trinajstić information content (AvgIpc) is 2.29. The highest BCUT2D eigenvalue weighted by Crippen LogP contribution is 2.21. The van der Waals surface area contributed by atoms with Crippen LogP contribution in [-0.4, -0.2) is 15.1 Å². The summed E-state index contributed by atoms with van der Waals surface area (Å²) in [4.78, 5) is 8.33. The second-order valence-corrected chi connectivity index (χ2v) is 3.67. The Morgan fingerprint density at radius 1 is 1.19 bits per heavy atom. The molecule has 1 aromatic carbocycles. The van der Waals surface area contributed by atoms with Crippen molar-refractivity contribution in [2.24, 2.45) is 5.73 Å². The molecule has 0 spiro atoms. The molecule has 3 N–H and O–H groups in total. The van der Waals surface area contributed by atoms with E-state index in [1.54, 1.807) is 30.6 Å². The quantitative estimate of drug-likeness (QED) is 0.802. The molecule has 0 saturated heterocycles. The van der Waals surface area contributed by atoms with Gasteiger partial charge in [0.15, 0.2) is 0 Å². The first kappa shape index (κ1) is 10.6. The molecule has 0 aliphatic carbocycles. The summed E-state index contributed by atoms with van der Waals surface area (Å²) in [5.74, 6) is 0.845. The van der Waals surface area contributed by atoms with Crippen LogP contribution in [0.2, 0.25) is 0 Å². The molecule has 2 rings (SSSR count). The number of aromatic nitrogens is 2. The van der Waals surface area contributed by atoms with Gasteiger partial charge in [0.25, 0.3) is 0 Å². The monoisotopic (exact) mass is 215 g/mol. The van der Waals surface area contributed by atoms with Gasteiger partial charge in [-0.1, -0.05) is 12.1 Å². The number of rotatable bonds is 2. The minimum absolute atomic E-state index is 0.168. The SMILES string of the molecule is CC(N)c1ncc(-c2cccc(O)c2)cn1. The zero-order chi connectivity index (χ0) is 11.5. The Bertz CT molecular complexity index is 480. The Labute approximate surface area is 93.8 Å². The molecule has 4 nitrogen and oxygen atoms in total. The van der Waals surface area contributed by atoms with Gasteiger partial charge in [-0.3, -0.25) is 0 Å². The van der Waals surface area contributed by atoms with Crippen molar-refractivity contribution in [1.29, 1.82) is 0 Å². The fourth-order valence-corrected chi connectivity index (χ4v) is 1.41. The van der Waals surface area contributed by atoms with Gasteiger partial charge in [-0.25, -0.2) is 9.97 Å². The van der Waals surface area contributed by atoms with Crippen molar-refractivity contribution in [2.45, 2.75) is 13.0 Å². The Balaban J connectivity index is 2.35. The molecule has 4 heteroatoms. The maximum Gasteiger partial charge on any atom is 0.144 e. The summed E-state index contributed by atoms with van der Waals surface area (Å²) in [6, 6.07) is 6.80. The van der Waals surface area contributed by atoms with E-state index < -0.39 is 0 Å². The third kappa shape index (κ3) is 2.17. The highest BCUT2D eigenvalue weighted by atomic mass is 16.3. The van der Waals surface area contributed by atoms with E-state index in [-0.39, 0.29) is 11.8 Å². The van der Waals surface area contributed by atoms with Crippen LogP contribution in [0.15, 0.2) is 36.7 Å². The summed E-state index contributed by atoms with van der Waals surface area (Å²) in [6.07, 6.45) is 3.42. The van der Waals surface area contributed by atoms with E-state index in [4.69, 9.17) is 5.73 Å². The fraction of sp³-hybridized carbons (Fsp3) is 0.167. The summed E-state index contributed by atoms with van der Waals surface area (Å²) < 4.78 is 0. The number of benzene rings is 1. The van der Waals surface area contributed by atoms with Crippen LogP contribution in [0.3, 0.4) is 0 Å². The summed E-state index contributed by atoms with van der Waals surface area (Å²) in [7, 11) is 0. The minimum Gasteiger partial charge on any atom is -0.508 e. The first-order valence-corrected chi connectivity index (χ1v) is 5.04. The van der Waals surface area contributed by atoms with Crippen molar-refractivity contribution in [2.75, 3.05) is 0 Å². The van der Waals surface area contributed by atoms with Gasteiger partial charge >= 0.3 is 0 Å². The normalized spacial score (nSPS) is 12.4. The van der Waals surface area contributed by atoms with Crippen molar-refractivity contribution in [1.82, 2.24) is 9.97 Å². The molecule has 0 saturated carbocycles. The van der Waals surface area contributed by atoms with Gasteiger partial charge in [0, 0.05) is 18.0 Å². The van der Waals surface area contributed by atoms with Crippen LogP contribution in [-0.2, 0) is 0 Å². The van der Waals surface area contributed by atoms with Crippen LogP contribution in [0.25, 0.3) is 11.1 Å². The molecule has 0 amide bonds. The molecule has 82 valence electrons. The first-order chi connectivity index (χ1) is 7.66. The number of phenolic OH excluding ortho intramolecular Hbond substituents is 1. The molecule has 0 aliphatic rings. The molecule has 16 heavy (non-hydrogen) atoms. The Morgan fingerprint density at radius 3 is 2.44 bits per heavy atom. The number of hydrogen-bond acceptors (Lipinski definition) is 4. The van der Waals surface area contributed by atoms with Crippen LogP contribution < -0.4 is 5.73 Å². The lowest BCUT2D eigenvalue weighted by atomic mass is 10.1. The van der Waals surface area contributed by atoms with Gasteiger partial charge in [0.05, 0.1) is 6.04 Å². The molecular weight excluding hydrogens is 202 g/mol. The van der Waals surface area contributed by atoms with Crippen LogP contribution in [0, 0.1) is 0 Å². The van der Waals surface area contributed by atoms with Crippen LogP contribution in [0.5, 0.6) is 5.75 Å². The Kier molecular flexibility index (Phi) is 2.83. The van der Waals surface area contributed by atoms with Gasteiger partial charge < -0.3 is 10.8 Å². The predicted molar refractivity (Wildman–Crippen MR) is 61.7 cm³/mol. The van der Waals surface area contributed by atoms with Crippen LogP contribution >= 0.6 is 0 Å². The Hall–Kier alpha value is -1.94. The fourth-order valence-electron chi connectivity index (χ4n) is 1.41. The van der Waals surface area contributed by atoms with E-state index in [0.29, 0.717) is 5.82 Å². The van der Waals surface area contributed by atoms with E-state index in [9.17, 15) is 5.11 Å². The molecule has 1 unspecified atom stereocenters. The van der Waals surface area contributed by atoms with Crippen molar-refractivity contribution < 1.29 is 5.11 Å². The summed E-state index contributed by atoms with van der Waals surface area (Å²) >= 11 is 0. The lowest BCUT2D eigenvalue weighted by molar-refractivity contribution is 0.475. The lowest BCUT2D eigenvalue weighted by Crippen LogP contribution is -2.09. The zero-order valence-corrected chi connectivity index (χ0v) is 8.96. The van der Waals surface area contributed by atoms with Gasteiger partial charge in [-0.05, 0) is 24.6 Å². The topological polar surface area (TPSA) is 72.0 Å². The number of phenols is 1. The van der Waals surface area contributed by atoms with Crippen molar-refractivity contribution >= 4 is 0 Å². The highest BCUT2D eigenvalue weighted by molar-refractivity contribution is 5.63. The number of nitrogens with two attached hydrogens (primary N) is 1. The maximum atomic E-state index is 9.36. The first-order valence-electron chi connectivity index (χ1n) is 5.04. The number of aromatic hydroxyl groups is 1. The molecule has 0 bridgehead atoms. The smallest absolute Gasteiger partial charge is 0.144 e. The van der Waals surface area contributed by atoms with E-state index >= 15 is 0 Å². The molecular formula is C12H13N3O. The van der Waals surface area contributed by atoms with Crippen molar-refractivity contribution in [3.05, 3.63) is 42.5 Å². The lowest BCUT2D eigenvalue weighted by Gasteiger charge is -2.05. The zero-order valence-electron chi connectivity index (χ0n) is 8.96. The van der Waals surface area contributed by atoms with Crippen LogP contribution in [0.1, 0.15) is 18.8 Å². The van der Waals surface area contributed by atoms with E-state index in [1.807, 2.05) is 13.0 Å². The second kappa shape index (κ2) is 4.28. The third-order valence-electron chi connectivity index (χ3n) is 2.26. The number of hydrogen-bond donors (Lipinski definition) is 2. The van der Waals surface area contributed by atoms with Gasteiger partial charge in [-0.15, -0.1) is 0 Å². The van der Waals surface area contributed by atoms with E-state index in [2.05, 4.69) is 9.97 Å². The molecule has 0 aliphatic heterocycles. The van der Waals surface area contributed by atoms with Crippen molar-refractivity contribution in [3.8, 4) is 16.9 Å². The van der Waals surface area contributed by atoms with E-state index in [1.165, 1.54) is 0 Å². The third-order valence-corrected chi connectivity index (χ3v) is 2.26. The second-order valence-electron chi connectivity index (χ2n) is 3.67. The average molecular weight is 215 g/mol. The maximum absolute atomic E-state index is 9.36. The standard InChI is InChI=1S/C12H13N3O/c1-8(13)12-14-6-10(7-15-12)9-3-2-4-11(16)5-9/h2-8,16H,13H2,1H3. The number of nitrogens with zero attached hydrogens (tertiary/aromatic N) is 2. The molecule has 2 aromatic rings. The molecule has 1 heterocycles.